The highest BCUT2D eigenvalue weighted by Gasteiger charge is 2.30. The first-order valence-electron chi connectivity index (χ1n) is 2.93. The molecule has 0 saturated carbocycles. The van der Waals surface area contributed by atoms with Gasteiger partial charge in [-0.3, -0.25) is 19.8 Å². The molecule has 1 N–H and O–H groups in total. The highest BCUT2D eigenvalue weighted by atomic mass is 16.2. The number of hydrogen-bond donors (Lipinski definition) is 1. The predicted octanol–water partition coefficient (Wildman–Crippen LogP) is -0.749. The average molecular weight is 154 g/mol. The van der Waals surface area contributed by atoms with E-state index in [1.807, 2.05) is 5.32 Å². The maximum atomic E-state index is 10.8. The summed E-state index contributed by atoms with van der Waals surface area (Å²) < 4.78 is 0. The normalized spacial score (nSPS) is 16.5. The van der Waals surface area contributed by atoms with Gasteiger partial charge >= 0.3 is 6.03 Å². The Hall–Kier alpha value is -1.65. The third kappa shape index (κ3) is 1.26. The van der Waals surface area contributed by atoms with Crippen LogP contribution in [0, 0.1) is 0 Å². The van der Waals surface area contributed by atoms with Gasteiger partial charge < -0.3 is 0 Å². The van der Waals surface area contributed by atoms with E-state index in [9.17, 15) is 14.4 Å². The molecule has 0 atom stereocenters. The second kappa shape index (κ2) is 2.53. The molecule has 0 aromatic carbocycles. The van der Waals surface area contributed by atoms with Gasteiger partial charge in [0, 0.05) is 0 Å². The van der Waals surface area contributed by atoms with E-state index in [4.69, 9.17) is 0 Å². The molecule has 0 spiro atoms. The minimum atomic E-state index is -0.681. The van der Waals surface area contributed by atoms with Crippen LogP contribution in [0.15, 0.2) is 12.7 Å². The van der Waals surface area contributed by atoms with E-state index in [2.05, 4.69) is 6.58 Å². The minimum Gasteiger partial charge on any atom is -0.276 e. The molecule has 1 aliphatic heterocycles. The van der Waals surface area contributed by atoms with Crippen LogP contribution in [-0.4, -0.2) is 29.3 Å². The number of nitrogens with one attached hydrogen (secondary N) is 1. The summed E-state index contributed by atoms with van der Waals surface area (Å²) in [5.74, 6) is -1.03. The van der Waals surface area contributed by atoms with Crippen molar-refractivity contribution in [2.45, 2.75) is 0 Å². The van der Waals surface area contributed by atoms with Crippen molar-refractivity contribution < 1.29 is 14.4 Å². The molecule has 58 valence electrons. The van der Waals surface area contributed by atoms with Gasteiger partial charge in [0.05, 0.1) is 0 Å². The zero-order valence-electron chi connectivity index (χ0n) is 5.66. The number of carbonyl (C=O) groups is 3. The molecular formula is C6H6N2O3. The van der Waals surface area contributed by atoms with Gasteiger partial charge in [-0.25, -0.2) is 4.79 Å². The third-order valence-corrected chi connectivity index (χ3v) is 1.23. The van der Waals surface area contributed by atoms with Crippen molar-refractivity contribution in [3.05, 3.63) is 12.7 Å². The highest BCUT2D eigenvalue weighted by Crippen LogP contribution is 1.98. The Morgan fingerprint density at radius 3 is 2.64 bits per heavy atom. The average Bonchev–Trinajstić information content (AvgIpc) is 2.28. The molecule has 1 rings (SSSR count). The maximum absolute atomic E-state index is 10.8. The van der Waals surface area contributed by atoms with Crippen LogP contribution in [0.2, 0.25) is 0 Å². The number of carbonyl (C=O) groups excluding carboxylic acids is 3. The standard InChI is InChI=1S/C6H6N2O3/c1-2-5(10)8-3-4(9)7-6(8)11/h2H,1,3H2,(H,7,9,11). The Balaban J connectivity index is 2.75. The lowest BCUT2D eigenvalue weighted by atomic mass is 10.5. The number of amides is 4. The topological polar surface area (TPSA) is 66.5 Å². The fraction of sp³-hybridized carbons (Fsp3) is 0.167. The van der Waals surface area contributed by atoms with Crippen LogP contribution in [0.1, 0.15) is 0 Å². The molecule has 0 aromatic heterocycles. The van der Waals surface area contributed by atoms with Gasteiger partial charge in [-0.05, 0) is 6.08 Å². The summed E-state index contributed by atoms with van der Waals surface area (Å²) >= 11 is 0. The van der Waals surface area contributed by atoms with Crippen LogP contribution >= 0.6 is 0 Å². The molecular weight excluding hydrogens is 148 g/mol. The van der Waals surface area contributed by atoms with Gasteiger partial charge in [-0.1, -0.05) is 6.58 Å². The fourth-order valence-corrected chi connectivity index (χ4v) is 0.730. The van der Waals surface area contributed by atoms with Crippen molar-refractivity contribution in [2.24, 2.45) is 0 Å². The lowest BCUT2D eigenvalue weighted by Crippen LogP contribution is -2.32. The lowest BCUT2D eigenvalue weighted by Gasteiger charge is -2.05. The van der Waals surface area contributed by atoms with E-state index < -0.39 is 17.8 Å². The Kier molecular flexibility index (Phi) is 1.72. The first-order chi connectivity index (χ1) is 5.15. The summed E-state index contributed by atoms with van der Waals surface area (Å²) in [6.07, 6.45) is 0.984. The molecule has 1 saturated heterocycles. The molecule has 5 heteroatoms. The minimum absolute atomic E-state index is 0.205. The van der Waals surface area contributed by atoms with E-state index in [0.29, 0.717) is 0 Å². The smallest absolute Gasteiger partial charge is 0.276 e. The van der Waals surface area contributed by atoms with Gasteiger partial charge in [-0.2, -0.15) is 0 Å². The van der Waals surface area contributed by atoms with Crippen LogP contribution in [-0.2, 0) is 9.59 Å². The molecule has 0 aliphatic carbocycles. The van der Waals surface area contributed by atoms with Crippen LogP contribution in [0.3, 0.4) is 0 Å². The van der Waals surface area contributed by atoms with Crippen LogP contribution in [0.25, 0.3) is 0 Å². The quantitative estimate of drug-likeness (QED) is 0.399. The molecule has 0 unspecified atom stereocenters. The zero-order valence-corrected chi connectivity index (χ0v) is 5.66. The summed E-state index contributed by atoms with van der Waals surface area (Å²) in [6.45, 7) is 2.98. The Bertz CT molecular complexity index is 246. The molecule has 1 heterocycles. The molecule has 1 aliphatic rings. The maximum Gasteiger partial charge on any atom is 0.331 e. The fourth-order valence-electron chi connectivity index (χ4n) is 0.730. The van der Waals surface area contributed by atoms with E-state index in [0.717, 1.165) is 11.0 Å². The van der Waals surface area contributed by atoms with Crippen molar-refractivity contribution in [2.75, 3.05) is 6.54 Å². The summed E-state index contributed by atoms with van der Waals surface area (Å²) in [4.78, 5) is 32.8. The number of nitrogens with zero attached hydrogens (tertiary/aromatic N) is 1. The third-order valence-electron chi connectivity index (χ3n) is 1.23. The van der Waals surface area contributed by atoms with Crippen molar-refractivity contribution >= 4 is 17.8 Å². The number of urea groups is 1. The van der Waals surface area contributed by atoms with Crippen molar-refractivity contribution in [3.8, 4) is 0 Å². The lowest BCUT2D eigenvalue weighted by molar-refractivity contribution is -0.126. The van der Waals surface area contributed by atoms with Gasteiger partial charge in [0.1, 0.15) is 6.54 Å². The predicted molar refractivity (Wildman–Crippen MR) is 35.4 cm³/mol. The molecule has 0 radical (unpaired) electrons. The zero-order chi connectivity index (χ0) is 8.43. The monoisotopic (exact) mass is 154 g/mol. The van der Waals surface area contributed by atoms with E-state index in [-0.39, 0.29) is 6.54 Å². The second-order valence-electron chi connectivity index (χ2n) is 1.98. The van der Waals surface area contributed by atoms with Crippen LogP contribution in [0.5, 0.6) is 0 Å². The second-order valence-corrected chi connectivity index (χ2v) is 1.98. The highest BCUT2D eigenvalue weighted by molar-refractivity contribution is 6.12. The molecule has 0 aromatic rings. The van der Waals surface area contributed by atoms with Crippen molar-refractivity contribution in [3.63, 3.8) is 0 Å². The molecule has 5 nitrogen and oxygen atoms in total. The van der Waals surface area contributed by atoms with Crippen molar-refractivity contribution in [1.82, 2.24) is 10.2 Å². The summed E-state index contributed by atoms with van der Waals surface area (Å²) in [5.41, 5.74) is 0. The SMILES string of the molecule is C=CC(=O)N1CC(=O)NC1=O. The van der Waals surface area contributed by atoms with Crippen molar-refractivity contribution in [1.29, 1.82) is 0 Å². The Labute approximate surface area is 62.7 Å². The summed E-state index contributed by atoms with van der Waals surface area (Å²) in [6, 6.07) is -0.681. The Morgan fingerprint density at radius 1 is 1.64 bits per heavy atom. The summed E-state index contributed by atoms with van der Waals surface area (Å²) in [5, 5.41) is 1.96. The van der Waals surface area contributed by atoms with E-state index >= 15 is 0 Å². The molecule has 0 bridgehead atoms. The molecule has 1 fully saturated rings. The van der Waals surface area contributed by atoms with Gasteiger partial charge in [0.2, 0.25) is 5.91 Å². The number of rotatable bonds is 1. The van der Waals surface area contributed by atoms with Gasteiger partial charge in [0.25, 0.3) is 5.91 Å². The first kappa shape index (κ1) is 7.46. The van der Waals surface area contributed by atoms with Gasteiger partial charge in [-0.15, -0.1) is 0 Å². The largest absolute Gasteiger partial charge is 0.331 e. The summed E-state index contributed by atoms with van der Waals surface area (Å²) in [7, 11) is 0. The van der Waals surface area contributed by atoms with Crippen LogP contribution in [0.4, 0.5) is 4.79 Å². The number of hydrogen-bond acceptors (Lipinski definition) is 3. The molecule has 4 amide bonds. The number of imide groups is 2. The molecule has 11 heavy (non-hydrogen) atoms. The first-order valence-corrected chi connectivity index (χ1v) is 2.93. The Morgan fingerprint density at radius 2 is 2.27 bits per heavy atom. The van der Waals surface area contributed by atoms with Crippen LogP contribution < -0.4 is 5.32 Å². The van der Waals surface area contributed by atoms with E-state index in [1.54, 1.807) is 0 Å². The van der Waals surface area contributed by atoms with E-state index in [1.165, 1.54) is 0 Å². The van der Waals surface area contributed by atoms with Gasteiger partial charge in [0.15, 0.2) is 0 Å².